The minimum atomic E-state index is -0.287. The number of anilines is 2. The lowest BCUT2D eigenvalue weighted by Gasteiger charge is -2.22. The molecule has 0 spiro atoms. The summed E-state index contributed by atoms with van der Waals surface area (Å²) in [7, 11) is 1.55. The second-order valence-electron chi connectivity index (χ2n) is 4.82. The highest BCUT2D eigenvalue weighted by atomic mass is 16.2. The van der Waals surface area contributed by atoms with Gasteiger partial charge in [-0.25, -0.2) is 4.79 Å². The van der Waals surface area contributed by atoms with Gasteiger partial charge in [0.25, 0.3) is 0 Å². The van der Waals surface area contributed by atoms with Crippen LogP contribution in [-0.4, -0.2) is 32.1 Å². The van der Waals surface area contributed by atoms with Crippen LogP contribution in [0.25, 0.3) is 0 Å². The molecule has 1 aliphatic rings. The molecule has 0 saturated carbocycles. The molecule has 1 atom stereocenters. The van der Waals surface area contributed by atoms with Crippen LogP contribution >= 0.6 is 0 Å². The number of nitrogens with one attached hydrogen (secondary N) is 4. The highest BCUT2D eigenvalue weighted by Crippen LogP contribution is 2.17. The van der Waals surface area contributed by atoms with Crippen molar-refractivity contribution < 1.29 is 9.59 Å². The van der Waals surface area contributed by atoms with Crippen molar-refractivity contribution in [3.05, 3.63) is 24.3 Å². The van der Waals surface area contributed by atoms with Crippen LogP contribution in [-0.2, 0) is 4.79 Å². The predicted octanol–water partition coefficient (Wildman–Crippen LogP) is 1.38. The van der Waals surface area contributed by atoms with Crippen LogP contribution in [0.5, 0.6) is 0 Å². The summed E-state index contributed by atoms with van der Waals surface area (Å²) in [6.45, 7) is 1.71. The Balaban J connectivity index is 1.96. The van der Waals surface area contributed by atoms with E-state index in [9.17, 15) is 9.59 Å². The molecule has 108 valence electrons. The van der Waals surface area contributed by atoms with Crippen LogP contribution in [0, 0.1) is 5.92 Å². The average molecular weight is 276 g/mol. The van der Waals surface area contributed by atoms with Crippen molar-refractivity contribution in [2.45, 2.75) is 12.8 Å². The maximum atomic E-state index is 12.1. The minimum Gasteiger partial charge on any atom is -0.341 e. The summed E-state index contributed by atoms with van der Waals surface area (Å²) in [5.74, 6) is 0.0357. The SMILES string of the molecule is CNC(=O)Nc1cccc(NC(=O)C2CCCNC2)c1. The molecule has 2 rings (SSSR count). The lowest BCUT2D eigenvalue weighted by atomic mass is 9.99. The molecule has 6 heteroatoms. The number of carbonyl (C=O) groups is 2. The molecule has 1 aromatic rings. The molecule has 4 N–H and O–H groups in total. The summed E-state index contributed by atoms with van der Waals surface area (Å²) in [4.78, 5) is 23.4. The van der Waals surface area contributed by atoms with Gasteiger partial charge in [-0.1, -0.05) is 6.07 Å². The number of carbonyl (C=O) groups excluding carboxylic acids is 2. The van der Waals surface area contributed by atoms with Crippen molar-refractivity contribution in [2.75, 3.05) is 30.8 Å². The van der Waals surface area contributed by atoms with Crippen molar-refractivity contribution in [1.29, 1.82) is 0 Å². The number of rotatable bonds is 3. The monoisotopic (exact) mass is 276 g/mol. The van der Waals surface area contributed by atoms with Crippen LogP contribution in [0.4, 0.5) is 16.2 Å². The zero-order valence-corrected chi connectivity index (χ0v) is 11.5. The molecular formula is C14H20N4O2. The van der Waals surface area contributed by atoms with Gasteiger partial charge in [-0.05, 0) is 37.6 Å². The molecule has 20 heavy (non-hydrogen) atoms. The fourth-order valence-corrected chi connectivity index (χ4v) is 2.19. The van der Waals surface area contributed by atoms with Crippen LogP contribution in [0.2, 0.25) is 0 Å². The van der Waals surface area contributed by atoms with Gasteiger partial charge in [0.05, 0.1) is 5.92 Å². The average Bonchev–Trinajstić information content (AvgIpc) is 2.48. The highest BCUT2D eigenvalue weighted by Gasteiger charge is 2.20. The number of hydrogen-bond acceptors (Lipinski definition) is 3. The summed E-state index contributed by atoms with van der Waals surface area (Å²) in [5, 5.41) is 11.3. The first-order valence-electron chi connectivity index (χ1n) is 6.79. The van der Waals surface area contributed by atoms with E-state index in [4.69, 9.17) is 0 Å². The van der Waals surface area contributed by atoms with Gasteiger partial charge in [-0.15, -0.1) is 0 Å². The Morgan fingerprint density at radius 3 is 2.65 bits per heavy atom. The van der Waals surface area contributed by atoms with E-state index in [0.717, 1.165) is 25.9 Å². The zero-order valence-electron chi connectivity index (χ0n) is 11.5. The first-order valence-corrected chi connectivity index (χ1v) is 6.79. The van der Waals surface area contributed by atoms with E-state index in [1.165, 1.54) is 0 Å². The smallest absolute Gasteiger partial charge is 0.318 e. The van der Waals surface area contributed by atoms with Gasteiger partial charge >= 0.3 is 6.03 Å². The van der Waals surface area contributed by atoms with E-state index in [0.29, 0.717) is 11.4 Å². The number of hydrogen-bond donors (Lipinski definition) is 4. The summed E-state index contributed by atoms with van der Waals surface area (Å²) in [5.41, 5.74) is 1.33. The topological polar surface area (TPSA) is 82.3 Å². The Hall–Kier alpha value is -2.08. The molecule has 6 nitrogen and oxygen atoms in total. The largest absolute Gasteiger partial charge is 0.341 e. The Kier molecular flexibility index (Phi) is 4.95. The molecule has 1 fully saturated rings. The van der Waals surface area contributed by atoms with Crippen LogP contribution in [0.1, 0.15) is 12.8 Å². The summed E-state index contributed by atoms with van der Waals surface area (Å²) in [6, 6.07) is 6.82. The third-order valence-electron chi connectivity index (χ3n) is 3.28. The summed E-state index contributed by atoms with van der Waals surface area (Å²) in [6.07, 6.45) is 1.94. The molecule has 0 aliphatic carbocycles. The van der Waals surface area contributed by atoms with Crippen molar-refractivity contribution in [3.63, 3.8) is 0 Å². The number of benzene rings is 1. The molecule has 0 bridgehead atoms. The summed E-state index contributed by atoms with van der Waals surface area (Å²) < 4.78 is 0. The quantitative estimate of drug-likeness (QED) is 0.673. The molecule has 1 saturated heterocycles. The standard InChI is InChI=1S/C14H20N4O2/c1-15-14(20)18-12-6-2-5-11(8-12)17-13(19)10-4-3-7-16-9-10/h2,5-6,8,10,16H,3-4,7,9H2,1H3,(H,17,19)(H2,15,18,20). The van der Waals surface area contributed by atoms with Gasteiger partial charge in [-0.3, -0.25) is 4.79 Å². The van der Waals surface area contributed by atoms with E-state index in [2.05, 4.69) is 21.3 Å². The van der Waals surface area contributed by atoms with Gasteiger partial charge in [0, 0.05) is 25.0 Å². The second kappa shape index (κ2) is 6.91. The minimum absolute atomic E-state index is 0.0132. The Labute approximate surface area is 118 Å². The first-order chi connectivity index (χ1) is 9.69. The van der Waals surface area contributed by atoms with Gasteiger partial charge in [0.15, 0.2) is 0 Å². The summed E-state index contributed by atoms with van der Waals surface area (Å²) >= 11 is 0. The van der Waals surface area contributed by atoms with Crippen LogP contribution < -0.4 is 21.3 Å². The zero-order chi connectivity index (χ0) is 14.4. The maximum absolute atomic E-state index is 12.1. The van der Waals surface area contributed by atoms with Gasteiger partial charge in [-0.2, -0.15) is 0 Å². The maximum Gasteiger partial charge on any atom is 0.318 e. The predicted molar refractivity (Wildman–Crippen MR) is 78.7 cm³/mol. The lowest BCUT2D eigenvalue weighted by molar-refractivity contribution is -0.120. The molecule has 0 aromatic heterocycles. The van der Waals surface area contributed by atoms with Crippen LogP contribution in [0.3, 0.4) is 0 Å². The third-order valence-corrected chi connectivity index (χ3v) is 3.28. The molecule has 1 aromatic carbocycles. The van der Waals surface area contributed by atoms with Gasteiger partial charge in [0.2, 0.25) is 5.91 Å². The second-order valence-corrected chi connectivity index (χ2v) is 4.82. The van der Waals surface area contributed by atoms with E-state index >= 15 is 0 Å². The number of amides is 3. The van der Waals surface area contributed by atoms with E-state index < -0.39 is 0 Å². The van der Waals surface area contributed by atoms with Crippen LogP contribution in [0.15, 0.2) is 24.3 Å². The van der Waals surface area contributed by atoms with Crippen molar-refractivity contribution in [1.82, 2.24) is 10.6 Å². The molecular weight excluding hydrogens is 256 g/mol. The van der Waals surface area contributed by atoms with Gasteiger partial charge in [0.1, 0.15) is 0 Å². The normalized spacial score (nSPS) is 18.1. The van der Waals surface area contributed by atoms with Gasteiger partial charge < -0.3 is 21.3 Å². The lowest BCUT2D eigenvalue weighted by Crippen LogP contribution is -2.37. The van der Waals surface area contributed by atoms with E-state index in [-0.39, 0.29) is 17.9 Å². The molecule has 1 aliphatic heterocycles. The molecule has 0 radical (unpaired) electrons. The number of piperidine rings is 1. The fraction of sp³-hybridized carbons (Fsp3) is 0.429. The fourth-order valence-electron chi connectivity index (χ4n) is 2.19. The Morgan fingerprint density at radius 1 is 1.25 bits per heavy atom. The van der Waals surface area contributed by atoms with Crippen molar-refractivity contribution in [3.8, 4) is 0 Å². The van der Waals surface area contributed by atoms with E-state index in [1.54, 1.807) is 25.2 Å². The molecule has 1 heterocycles. The Bertz CT molecular complexity index is 484. The first kappa shape index (κ1) is 14.3. The van der Waals surface area contributed by atoms with E-state index in [1.807, 2.05) is 6.07 Å². The third kappa shape index (κ3) is 3.96. The highest BCUT2D eigenvalue weighted by molar-refractivity contribution is 5.94. The number of urea groups is 1. The Morgan fingerprint density at radius 2 is 2.00 bits per heavy atom. The molecule has 1 unspecified atom stereocenters. The van der Waals surface area contributed by atoms with Crippen molar-refractivity contribution in [2.24, 2.45) is 5.92 Å². The van der Waals surface area contributed by atoms with Crippen molar-refractivity contribution >= 4 is 23.3 Å². The molecule has 3 amide bonds.